The molecule has 6 heteroatoms. The molecule has 2 aromatic heterocycles. The van der Waals surface area contributed by atoms with Crippen LogP contribution < -0.4 is 4.90 Å². The summed E-state index contributed by atoms with van der Waals surface area (Å²) in [5.41, 5.74) is 1.15. The van der Waals surface area contributed by atoms with Crippen molar-refractivity contribution >= 4 is 5.82 Å². The number of nitriles is 2. The van der Waals surface area contributed by atoms with Gasteiger partial charge in [-0.15, -0.1) is 0 Å². The molecule has 3 heterocycles. The van der Waals surface area contributed by atoms with Gasteiger partial charge in [0.15, 0.2) is 0 Å². The van der Waals surface area contributed by atoms with Gasteiger partial charge in [0.1, 0.15) is 18.0 Å². The van der Waals surface area contributed by atoms with E-state index in [2.05, 4.69) is 22.2 Å². The molecule has 0 atom stereocenters. The van der Waals surface area contributed by atoms with Crippen molar-refractivity contribution in [2.75, 3.05) is 18.0 Å². The number of hydrogen-bond acceptors (Lipinski definition) is 5. The standard InChI is InChI=1S/C13H10N6/c14-4-10-6-17-19(7-10)12-8-18(9-12)13-11(5-15)2-1-3-16-13/h1-3,6-7,12H,8-9H2. The molecule has 19 heavy (non-hydrogen) atoms. The minimum absolute atomic E-state index is 0.232. The Morgan fingerprint density at radius 2 is 2.11 bits per heavy atom. The van der Waals surface area contributed by atoms with Crippen molar-refractivity contribution in [3.05, 3.63) is 41.9 Å². The van der Waals surface area contributed by atoms with Crippen LogP contribution in [0.4, 0.5) is 5.82 Å². The average Bonchev–Trinajstić information content (AvgIpc) is 2.86. The monoisotopic (exact) mass is 250 g/mol. The summed E-state index contributed by atoms with van der Waals surface area (Å²) in [6, 6.07) is 7.95. The SMILES string of the molecule is N#Cc1cnn(C2CN(c3ncccc3C#N)C2)c1. The van der Waals surface area contributed by atoms with Gasteiger partial charge in [0.2, 0.25) is 0 Å². The maximum absolute atomic E-state index is 9.03. The largest absolute Gasteiger partial charge is 0.351 e. The van der Waals surface area contributed by atoms with Crippen molar-refractivity contribution in [2.45, 2.75) is 6.04 Å². The molecule has 1 saturated heterocycles. The Bertz CT molecular complexity index is 684. The Kier molecular flexibility index (Phi) is 2.62. The van der Waals surface area contributed by atoms with Crippen LogP contribution in [0, 0.1) is 22.7 Å². The van der Waals surface area contributed by atoms with Gasteiger partial charge in [-0.05, 0) is 12.1 Å². The quantitative estimate of drug-likeness (QED) is 0.796. The molecule has 0 N–H and O–H groups in total. The summed E-state index contributed by atoms with van der Waals surface area (Å²) >= 11 is 0. The average molecular weight is 250 g/mol. The molecule has 1 fully saturated rings. The summed E-state index contributed by atoms with van der Waals surface area (Å²) < 4.78 is 1.80. The first-order valence-corrected chi connectivity index (χ1v) is 5.86. The first kappa shape index (κ1) is 11.2. The molecule has 2 aromatic rings. The molecule has 1 aliphatic heterocycles. The van der Waals surface area contributed by atoms with Crippen LogP contribution in [0.2, 0.25) is 0 Å². The smallest absolute Gasteiger partial charge is 0.146 e. The number of anilines is 1. The molecule has 0 bridgehead atoms. The van der Waals surface area contributed by atoms with Crippen LogP contribution >= 0.6 is 0 Å². The molecule has 0 aliphatic carbocycles. The van der Waals surface area contributed by atoms with Crippen molar-refractivity contribution in [3.8, 4) is 12.1 Å². The van der Waals surface area contributed by atoms with Crippen molar-refractivity contribution in [1.82, 2.24) is 14.8 Å². The molecule has 0 aromatic carbocycles. The summed E-state index contributed by atoms with van der Waals surface area (Å²) in [6.07, 6.45) is 4.99. The first-order chi connectivity index (χ1) is 9.31. The van der Waals surface area contributed by atoms with Crippen molar-refractivity contribution in [2.24, 2.45) is 0 Å². The Labute approximate surface area is 110 Å². The predicted molar refractivity (Wildman–Crippen MR) is 67.1 cm³/mol. The Morgan fingerprint density at radius 3 is 2.79 bits per heavy atom. The minimum Gasteiger partial charge on any atom is -0.351 e. The van der Waals surface area contributed by atoms with Crippen molar-refractivity contribution in [1.29, 1.82) is 10.5 Å². The van der Waals surface area contributed by atoms with E-state index in [1.165, 1.54) is 0 Å². The lowest BCUT2D eigenvalue weighted by atomic mass is 10.1. The predicted octanol–water partition coefficient (Wildman–Crippen LogP) is 1.08. The highest BCUT2D eigenvalue weighted by Gasteiger charge is 2.31. The summed E-state index contributed by atoms with van der Waals surface area (Å²) in [5.74, 6) is 0.717. The van der Waals surface area contributed by atoms with Gasteiger partial charge in [-0.25, -0.2) is 4.98 Å². The normalized spacial score (nSPS) is 14.5. The van der Waals surface area contributed by atoms with E-state index >= 15 is 0 Å². The molecule has 0 amide bonds. The zero-order chi connectivity index (χ0) is 13.2. The highest BCUT2D eigenvalue weighted by Crippen LogP contribution is 2.28. The number of aromatic nitrogens is 3. The topological polar surface area (TPSA) is 81.5 Å². The summed E-state index contributed by atoms with van der Waals surface area (Å²) in [5, 5.41) is 22.0. The van der Waals surface area contributed by atoms with Gasteiger partial charge < -0.3 is 4.90 Å². The summed E-state index contributed by atoms with van der Waals surface area (Å²) in [6.45, 7) is 1.50. The fourth-order valence-corrected chi connectivity index (χ4v) is 2.13. The van der Waals surface area contributed by atoms with Crippen LogP contribution in [-0.2, 0) is 0 Å². The van der Waals surface area contributed by atoms with Crippen molar-refractivity contribution < 1.29 is 0 Å². The summed E-state index contributed by atoms with van der Waals surface area (Å²) in [4.78, 5) is 6.28. The van der Waals surface area contributed by atoms with Gasteiger partial charge in [0, 0.05) is 25.5 Å². The van der Waals surface area contributed by atoms with Crippen LogP contribution in [0.3, 0.4) is 0 Å². The molecular formula is C13H10N6. The molecule has 3 rings (SSSR count). The van der Waals surface area contributed by atoms with E-state index in [0.717, 1.165) is 13.1 Å². The second-order valence-electron chi connectivity index (χ2n) is 4.37. The first-order valence-electron chi connectivity index (χ1n) is 5.86. The van der Waals surface area contributed by atoms with Crippen LogP contribution in [0.5, 0.6) is 0 Å². The van der Waals surface area contributed by atoms with Crippen LogP contribution in [-0.4, -0.2) is 27.9 Å². The van der Waals surface area contributed by atoms with Gasteiger partial charge in [-0.1, -0.05) is 0 Å². The third-order valence-corrected chi connectivity index (χ3v) is 3.17. The van der Waals surface area contributed by atoms with E-state index in [-0.39, 0.29) is 6.04 Å². The number of pyridine rings is 1. The highest BCUT2D eigenvalue weighted by atomic mass is 15.4. The van der Waals surface area contributed by atoms with E-state index in [1.54, 1.807) is 35.4 Å². The van der Waals surface area contributed by atoms with E-state index < -0.39 is 0 Å². The molecule has 0 spiro atoms. The Morgan fingerprint density at radius 1 is 1.26 bits per heavy atom. The van der Waals surface area contributed by atoms with E-state index in [4.69, 9.17) is 10.5 Å². The molecule has 6 nitrogen and oxygen atoms in total. The van der Waals surface area contributed by atoms with Crippen LogP contribution in [0.25, 0.3) is 0 Å². The van der Waals surface area contributed by atoms with Gasteiger partial charge >= 0.3 is 0 Å². The zero-order valence-electron chi connectivity index (χ0n) is 10.1. The van der Waals surface area contributed by atoms with E-state index in [0.29, 0.717) is 16.9 Å². The third kappa shape index (κ3) is 1.90. The van der Waals surface area contributed by atoms with E-state index in [9.17, 15) is 0 Å². The molecule has 92 valence electrons. The maximum atomic E-state index is 9.03. The number of hydrogen-bond donors (Lipinski definition) is 0. The van der Waals surface area contributed by atoms with E-state index in [1.807, 2.05) is 4.90 Å². The van der Waals surface area contributed by atoms with Gasteiger partial charge in [-0.2, -0.15) is 15.6 Å². The summed E-state index contributed by atoms with van der Waals surface area (Å²) in [7, 11) is 0. The Balaban J connectivity index is 1.73. The van der Waals surface area contributed by atoms with Gasteiger partial charge in [-0.3, -0.25) is 4.68 Å². The highest BCUT2D eigenvalue weighted by molar-refractivity contribution is 5.55. The molecular weight excluding hydrogens is 240 g/mol. The molecule has 1 aliphatic rings. The second-order valence-corrected chi connectivity index (χ2v) is 4.37. The Hall–Kier alpha value is -2.86. The lowest BCUT2D eigenvalue weighted by Crippen LogP contribution is -2.48. The fraction of sp³-hybridized carbons (Fsp3) is 0.231. The minimum atomic E-state index is 0.232. The zero-order valence-corrected chi connectivity index (χ0v) is 10.1. The van der Waals surface area contributed by atoms with Gasteiger partial charge in [0.05, 0.1) is 23.4 Å². The van der Waals surface area contributed by atoms with Gasteiger partial charge in [0.25, 0.3) is 0 Å². The lowest BCUT2D eigenvalue weighted by Gasteiger charge is -2.40. The molecule has 0 saturated carbocycles. The third-order valence-electron chi connectivity index (χ3n) is 3.17. The fourth-order valence-electron chi connectivity index (χ4n) is 2.13. The van der Waals surface area contributed by atoms with Crippen LogP contribution in [0.1, 0.15) is 17.2 Å². The molecule has 0 unspecified atom stereocenters. The van der Waals surface area contributed by atoms with Crippen LogP contribution in [0.15, 0.2) is 30.7 Å². The number of nitrogens with zero attached hydrogens (tertiary/aromatic N) is 6. The van der Waals surface area contributed by atoms with Crippen molar-refractivity contribution in [3.63, 3.8) is 0 Å². The molecule has 0 radical (unpaired) electrons. The lowest BCUT2D eigenvalue weighted by molar-refractivity contribution is 0.365. The maximum Gasteiger partial charge on any atom is 0.146 e. The second kappa shape index (κ2) is 4.43. The number of rotatable bonds is 2.